The lowest BCUT2D eigenvalue weighted by Crippen LogP contribution is -2.14. The van der Waals surface area contributed by atoms with Crippen molar-refractivity contribution in [3.8, 4) is 0 Å². The number of benzene rings is 2. The van der Waals surface area contributed by atoms with E-state index in [0.29, 0.717) is 11.3 Å². The second-order valence-electron chi connectivity index (χ2n) is 4.84. The van der Waals surface area contributed by atoms with Crippen LogP contribution in [0.15, 0.2) is 34.8 Å². The van der Waals surface area contributed by atoms with E-state index in [-0.39, 0.29) is 5.91 Å². The van der Waals surface area contributed by atoms with Gasteiger partial charge in [0.25, 0.3) is 5.91 Å². The summed E-state index contributed by atoms with van der Waals surface area (Å²) in [6, 6.07) is 7.96. The predicted octanol–water partition coefficient (Wildman–Crippen LogP) is 4.77. The van der Waals surface area contributed by atoms with Gasteiger partial charge in [0.05, 0.1) is 0 Å². The molecule has 2 aromatic rings. The normalized spacial score (nSPS) is 10.4. The maximum absolute atomic E-state index is 13.2. The fraction of sp³-hybridized carbons (Fsp3) is 0.188. The standard InChI is InChI=1S/C16H15BrFNO/c1-9-4-5-12(18)8-14(9)16(20)19-13-6-10(2)15(17)11(3)7-13/h4-8H,1-3H3,(H,19,20). The van der Waals surface area contributed by atoms with Crippen molar-refractivity contribution in [2.45, 2.75) is 20.8 Å². The molecule has 0 unspecified atom stereocenters. The van der Waals surface area contributed by atoms with Crippen LogP contribution in [0.2, 0.25) is 0 Å². The van der Waals surface area contributed by atoms with Gasteiger partial charge in [0.2, 0.25) is 0 Å². The molecular formula is C16H15BrFNO. The first-order valence-corrected chi connectivity index (χ1v) is 7.02. The molecule has 2 rings (SSSR count). The topological polar surface area (TPSA) is 29.1 Å². The Kier molecular flexibility index (Phi) is 4.23. The van der Waals surface area contributed by atoms with E-state index < -0.39 is 5.82 Å². The lowest BCUT2D eigenvalue weighted by atomic mass is 10.1. The van der Waals surface area contributed by atoms with Crippen molar-refractivity contribution in [1.82, 2.24) is 0 Å². The van der Waals surface area contributed by atoms with Crippen molar-refractivity contribution < 1.29 is 9.18 Å². The highest BCUT2D eigenvalue weighted by Gasteiger charge is 2.11. The third-order valence-electron chi connectivity index (χ3n) is 3.14. The van der Waals surface area contributed by atoms with Crippen molar-refractivity contribution in [3.05, 3.63) is 62.9 Å². The van der Waals surface area contributed by atoms with Crippen molar-refractivity contribution in [2.75, 3.05) is 5.32 Å². The number of carbonyl (C=O) groups is 1. The highest BCUT2D eigenvalue weighted by molar-refractivity contribution is 9.10. The zero-order chi connectivity index (χ0) is 14.9. The zero-order valence-electron chi connectivity index (χ0n) is 11.6. The molecule has 0 aliphatic carbocycles. The van der Waals surface area contributed by atoms with Crippen molar-refractivity contribution >= 4 is 27.5 Å². The van der Waals surface area contributed by atoms with E-state index in [0.717, 1.165) is 21.2 Å². The second-order valence-corrected chi connectivity index (χ2v) is 5.63. The predicted molar refractivity (Wildman–Crippen MR) is 82.7 cm³/mol. The van der Waals surface area contributed by atoms with Crippen molar-refractivity contribution in [3.63, 3.8) is 0 Å². The van der Waals surface area contributed by atoms with E-state index >= 15 is 0 Å². The molecule has 0 spiro atoms. The lowest BCUT2D eigenvalue weighted by Gasteiger charge is -2.11. The Bertz CT molecular complexity index is 659. The summed E-state index contributed by atoms with van der Waals surface area (Å²) < 4.78 is 14.3. The van der Waals surface area contributed by atoms with Gasteiger partial charge < -0.3 is 5.32 Å². The van der Waals surface area contributed by atoms with Crippen LogP contribution in [0.3, 0.4) is 0 Å². The van der Waals surface area contributed by atoms with Crippen LogP contribution in [-0.2, 0) is 0 Å². The van der Waals surface area contributed by atoms with E-state index in [9.17, 15) is 9.18 Å². The molecule has 0 fully saturated rings. The Morgan fingerprint density at radius 1 is 1.05 bits per heavy atom. The van der Waals surface area contributed by atoms with Gasteiger partial charge in [-0.05, 0) is 61.7 Å². The summed E-state index contributed by atoms with van der Waals surface area (Å²) in [6.07, 6.45) is 0. The summed E-state index contributed by atoms with van der Waals surface area (Å²) in [5.74, 6) is -0.716. The molecule has 0 bridgehead atoms. The van der Waals surface area contributed by atoms with Crippen LogP contribution >= 0.6 is 15.9 Å². The number of nitrogens with one attached hydrogen (secondary N) is 1. The molecular weight excluding hydrogens is 321 g/mol. The molecule has 0 aliphatic heterocycles. The SMILES string of the molecule is Cc1ccc(F)cc1C(=O)Nc1cc(C)c(Br)c(C)c1. The number of anilines is 1. The Labute approximate surface area is 126 Å². The fourth-order valence-corrected chi connectivity index (χ4v) is 2.28. The van der Waals surface area contributed by atoms with Crippen LogP contribution < -0.4 is 5.32 Å². The first-order chi connectivity index (χ1) is 9.38. The van der Waals surface area contributed by atoms with Gasteiger partial charge >= 0.3 is 0 Å². The van der Waals surface area contributed by atoms with E-state index in [2.05, 4.69) is 21.2 Å². The molecule has 0 radical (unpaired) electrons. The Morgan fingerprint density at radius 2 is 1.65 bits per heavy atom. The third kappa shape index (κ3) is 3.07. The fourth-order valence-electron chi connectivity index (χ4n) is 2.06. The van der Waals surface area contributed by atoms with Crippen LogP contribution in [0.5, 0.6) is 0 Å². The first kappa shape index (κ1) is 14.7. The molecule has 0 saturated carbocycles. The molecule has 20 heavy (non-hydrogen) atoms. The molecule has 0 aromatic heterocycles. The van der Waals surface area contributed by atoms with Gasteiger partial charge in [-0.1, -0.05) is 22.0 Å². The molecule has 2 aromatic carbocycles. The summed E-state index contributed by atoms with van der Waals surface area (Å²) >= 11 is 3.48. The van der Waals surface area contributed by atoms with E-state index in [1.165, 1.54) is 12.1 Å². The molecule has 4 heteroatoms. The molecule has 0 aliphatic rings. The summed E-state index contributed by atoms with van der Waals surface area (Å²) in [5, 5.41) is 2.81. The monoisotopic (exact) mass is 335 g/mol. The third-order valence-corrected chi connectivity index (χ3v) is 4.39. The first-order valence-electron chi connectivity index (χ1n) is 6.22. The Hall–Kier alpha value is -1.68. The van der Waals surface area contributed by atoms with Gasteiger partial charge in [0.1, 0.15) is 5.82 Å². The van der Waals surface area contributed by atoms with Gasteiger partial charge in [-0.2, -0.15) is 0 Å². The average molecular weight is 336 g/mol. The molecule has 0 atom stereocenters. The number of carbonyl (C=O) groups excluding carboxylic acids is 1. The van der Waals surface area contributed by atoms with Crippen LogP contribution in [-0.4, -0.2) is 5.91 Å². The number of rotatable bonds is 2. The number of amides is 1. The van der Waals surface area contributed by atoms with Gasteiger partial charge in [-0.15, -0.1) is 0 Å². The molecule has 0 saturated heterocycles. The van der Waals surface area contributed by atoms with Crippen LogP contribution in [0.25, 0.3) is 0 Å². The molecule has 0 heterocycles. The van der Waals surface area contributed by atoms with Crippen LogP contribution in [0, 0.1) is 26.6 Å². The number of aryl methyl sites for hydroxylation is 3. The quantitative estimate of drug-likeness (QED) is 0.841. The molecule has 1 N–H and O–H groups in total. The largest absolute Gasteiger partial charge is 0.322 e. The maximum Gasteiger partial charge on any atom is 0.256 e. The number of hydrogen-bond acceptors (Lipinski definition) is 1. The smallest absolute Gasteiger partial charge is 0.256 e. The molecule has 2 nitrogen and oxygen atoms in total. The summed E-state index contributed by atoms with van der Waals surface area (Å²) in [7, 11) is 0. The van der Waals surface area contributed by atoms with Gasteiger partial charge in [0.15, 0.2) is 0 Å². The highest BCUT2D eigenvalue weighted by atomic mass is 79.9. The molecule has 104 valence electrons. The number of hydrogen-bond donors (Lipinski definition) is 1. The van der Waals surface area contributed by atoms with Gasteiger partial charge in [0, 0.05) is 15.7 Å². The summed E-state index contributed by atoms with van der Waals surface area (Å²) in [6.45, 7) is 5.70. The van der Waals surface area contributed by atoms with E-state index in [4.69, 9.17) is 0 Å². The lowest BCUT2D eigenvalue weighted by molar-refractivity contribution is 0.102. The minimum atomic E-state index is -0.413. The summed E-state index contributed by atoms with van der Waals surface area (Å²) in [5.41, 5.74) is 3.88. The van der Waals surface area contributed by atoms with Crippen LogP contribution in [0.4, 0.5) is 10.1 Å². The van der Waals surface area contributed by atoms with Crippen molar-refractivity contribution in [2.24, 2.45) is 0 Å². The Morgan fingerprint density at radius 3 is 2.25 bits per heavy atom. The van der Waals surface area contributed by atoms with Gasteiger partial charge in [-0.25, -0.2) is 4.39 Å². The summed E-state index contributed by atoms with van der Waals surface area (Å²) in [4.78, 5) is 12.2. The van der Waals surface area contributed by atoms with Gasteiger partial charge in [-0.3, -0.25) is 4.79 Å². The van der Waals surface area contributed by atoms with Crippen molar-refractivity contribution in [1.29, 1.82) is 0 Å². The van der Waals surface area contributed by atoms with Crippen LogP contribution in [0.1, 0.15) is 27.0 Å². The highest BCUT2D eigenvalue weighted by Crippen LogP contribution is 2.25. The van der Waals surface area contributed by atoms with E-state index in [1.54, 1.807) is 13.0 Å². The average Bonchev–Trinajstić information content (AvgIpc) is 2.38. The zero-order valence-corrected chi connectivity index (χ0v) is 13.1. The number of halogens is 2. The minimum absolute atomic E-state index is 0.303. The minimum Gasteiger partial charge on any atom is -0.322 e. The maximum atomic E-state index is 13.2. The van der Waals surface area contributed by atoms with E-state index in [1.807, 2.05) is 26.0 Å². The second kappa shape index (κ2) is 5.75. The molecule has 1 amide bonds. The Balaban J connectivity index is 2.30.